The normalized spacial score (nSPS) is 27.8. The third-order valence-corrected chi connectivity index (χ3v) is 2.20. The monoisotopic (exact) mass is 190 g/mol. The number of carbonyl (C=O) groups is 1. The van der Waals surface area contributed by atoms with Crippen LogP contribution in [0.25, 0.3) is 0 Å². The molecule has 0 radical (unpaired) electrons. The standard InChI is InChI=1S/C8H11ClO3/c1-5-6(4-9)3-7(12-5)8(10)11-2/h3,5-6H,4H2,1-2H3. The number of methoxy groups -OCH3 is 1. The second kappa shape index (κ2) is 3.81. The maximum atomic E-state index is 11.0. The lowest BCUT2D eigenvalue weighted by molar-refractivity contribution is -0.140. The lowest BCUT2D eigenvalue weighted by atomic mass is 10.1. The van der Waals surface area contributed by atoms with E-state index >= 15 is 0 Å². The van der Waals surface area contributed by atoms with E-state index in [4.69, 9.17) is 16.3 Å². The lowest BCUT2D eigenvalue weighted by Gasteiger charge is -2.10. The molecule has 1 rings (SSSR count). The number of carbonyl (C=O) groups excluding carboxylic acids is 1. The van der Waals surface area contributed by atoms with Crippen LogP contribution in [0.3, 0.4) is 0 Å². The molecule has 0 amide bonds. The number of alkyl halides is 1. The van der Waals surface area contributed by atoms with Gasteiger partial charge in [0.25, 0.3) is 0 Å². The van der Waals surface area contributed by atoms with Gasteiger partial charge in [-0.05, 0) is 13.0 Å². The minimum Gasteiger partial charge on any atom is -0.483 e. The third-order valence-electron chi connectivity index (χ3n) is 1.85. The fourth-order valence-electron chi connectivity index (χ4n) is 1.04. The van der Waals surface area contributed by atoms with Crippen LogP contribution in [0.1, 0.15) is 6.92 Å². The third kappa shape index (κ3) is 1.72. The Hall–Kier alpha value is -0.700. The van der Waals surface area contributed by atoms with Gasteiger partial charge in [0.05, 0.1) is 7.11 Å². The first-order valence-corrected chi connectivity index (χ1v) is 4.25. The summed E-state index contributed by atoms with van der Waals surface area (Å²) in [6, 6.07) is 0. The number of rotatable bonds is 2. The number of ether oxygens (including phenoxy) is 2. The van der Waals surface area contributed by atoms with Crippen LogP contribution in [0.2, 0.25) is 0 Å². The van der Waals surface area contributed by atoms with E-state index in [0.717, 1.165) is 0 Å². The Bertz CT molecular complexity index is 212. The van der Waals surface area contributed by atoms with Crippen molar-refractivity contribution < 1.29 is 14.3 Å². The summed E-state index contributed by atoms with van der Waals surface area (Å²) in [6.07, 6.45) is 1.68. The van der Waals surface area contributed by atoms with Gasteiger partial charge in [-0.15, -0.1) is 11.6 Å². The number of esters is 1. The van der Waals surface area contributed by atoms with Gasteiger partial charge in [-0.2, -0.15) is 0 Å². The van der Waals surface area contributed by atoms with Crippen molar-refractivity contribution in [3.05, 3.63) is 11.8 Å². The highest BCUT2D eigenvalue weighted by molar-refractivity contribution is 6.18. The maximum absolute atomic E-state index is 11.0. The van der Waals surface area contributed by atoms with Crippen molar-refractivity contribution in [1.29, 1.82) is 0 Å². The molecule has 1 aliphatic rings. The molecule has 0 saturated heterocycles. The Balaban J connectivity index is 2.64. The average molecular weight is 191 g/mol. The Labute approximate surface area is 76.3 Å². The SMILES string of the molecule is COC(=O)C1=CC(CCl)C(C)O1. The maximum Gasteiger partial charge on any atom is 0.372 e. The van der Waals surface area contributed by atoms with E-state index in [1.807, 2.05) is 6.92 Å². The highest BCUT2D eigenvalue weighted by atomic mass is 35.5. The van der Waals surface area contributed by atoms with Gasteiger partial charge in [0.2, 0.25) is 5.76 Å². The van der Waals surface area contributed by atoms with E-state index in [1.165, 1.54) is 7.11 Å². The van der Waals surface area contributed by atoms with Crippen LogP contribution in [0, 0.1) is 5.92 Å². The van der Waals surface area contributed by atoms with Gasteiger partial charge < -0.3 is 9.47 Å². The highest BCUT2D eigenvalue weighted by Crippen LogP contribution is 2.24. The first-order chi connectivity index (χ1) is 5.69. The van der Waals surface area contributed by atoms with Gasteiger partial charge >= 0.3 is 5.97 Å². The molecule has 0 aromatic carbocycles. The largest absolute Gasteiger partial charge is 0.483 e. The van der Waals surface area contributed by atoms with E-state index in [-0.39, 0.29) is 17.8 Å². The molecule has 4 heteroatoms. The topological polar surface area (TPSA) is 35.5 Å². The Kier molecular flexibility index (Phi) is 2.98. The van der Waals surface area contributed by atoms with Gasteiger partial charge in [0, 0.05) is 11.8 Å². The highest BCUT2D eigenvalue weighted by Gasteiger charge is 2.28. The van der Waals surface area contributed by atoms with Crippen molar-refractivity contribution in [2.24, 2.45) is 5.92 Å². The predicted octanol–water partition coefficient (Wildman–Crippen LogP) is 1.32. The molecule has 1 aliphatic heterocycles. The molecule has 0 N–H and O–H groups in total. The molecule has 12 heavy (non-hydrogen) atoms. The van der Waals surface area contributed by atoms with Crippen LogP contribution in [-0.4, -0.2) is 25.1 Å². The van der Waals surface area contributed by atoms with Crippen molar-refractivity contribution in [3.63, 3.8) is 0 Å². The zero-order chi connectivity index (χ0) is 9.14. The molecular formula is C8H11ClO3. The van der Waals surface area contributed by atoms with E-state index in [9.17, 15) is 4.79 Å². The summed E-state index contributed by atoms with van der Waals surface area (Å²) >= 11 is 5.64. The Morgan fingerprint density at radius 3 is 2.92 bits per heavy atom. The van der Waals surface area contributed by atoms with Crippen LogP contribution in [0.15, 0.2) is 11.8 Å². The summed E-state index contributed by atoms with van der Waals surface area (Å²) in [5.74, 6) is 0.410. The molecule has 0 spiro atoms. The summed E-state index contributed by atoms with van der Waals surface area (Å²) in [4.78, 5) is 11.0. The lowest BCUT2D eigenvalue weighted by Crippen LogP contribution is -2.14. The molecule has 0 saturated carbocycles. The first kappa shape index (κ1) is 9.39. The van der Waals surface area contributed by atoms with Crippen LogP contribution in [-0.2, 0) is 14.3 Å². The fourth-order valence-corrected chi connectivity index (χ4v) is 1.38. The summed E-state index contributed by atoms with van der Waals surface area (Å²) in [5.41, 5.74) is 0. The zero-order valence-corrected chi connectivity index (χ0v) is 7.80. The van der Waals surface area contributed by atoms with Crippen molar-refractivity contribution in [2.45, 2.75) is 13.0 Å². The number of hydrogen-bond acceptors (Lipinski definition) is 3. The minimum atomic E-state index is -0.436. The molecule has 2 atom stereocenters. The van der Waals surface area contributed by atoms with E-state index in [0.29, 0.717) is 5.88 Å². The molecule has 0 aliphatic carbocycles. The fraction of sp³-hybridized carbons (Fsp3) is 0.625. The zero-order valence-electron chi connectivity index (χ0n) is 7.04. The smallest absolute Gasteiger partial charge is 0.372 e. The molecule has 68 valence electrons. The van der Waals surface area contributed by atoms with Crippen molar-refractivity contribution in [2.75, 3.05) is 13.0 Å². The molecule has 0 bridgehead atoms. The molecule has 1 heterocycles. The molecule has 0 fully saturated rings. The second-order valence-electron chi connectivity index (χ2n) is 2.66. The summed E-state index contributed by atoms with van der Waals surface area (Å²) in [7, 11) is 1.32. The van der Waals surface area contributed by atoms with Crippen molar-refractivity contribution in [3.8, 4) is 0 Å². The molecule has 0 aromatic heterocycles. The summed E-state index contributed by atoms with van der Waals surface area (Å²) in [6.45, 7) is 1.87. The number of hydrogen-bond donors (Lipinski definition) is 0. The Morgan fingerprint density at radius 1 is 1.83 bits per heavy atom. The second-order valence-corrected chi connectivity index (χ2v) is 2.97. The first-order valence-electron chi connectivity index (χ1n) is 3.71. The van der Waals surface area contributed by atoms with Gasteiger partial charge in [-0.1, -0.05) is 0 Å². The van der Waals surface area contributed by atoms with Gasteiger partial charge in [0.15, 0.2) is 0 Å². The molecule has 0 aromatic rings. The van der Waals surface area contributed by atoms with Gasteiger partial charge in [-0.25, -0.2) is 4.79 Å². The average Bonchev–Trinajstić information content (AvgIpc) is 2.45. The van der Waals surface area contributed by atoms with Gasteiger partial charge in [0.1, 0.15) is 6.10 Å². The summed E-state index contributed by atoms with van der Waals surface area (Å²) in [5, 5.41) is 0. The van der Waals surface area contributed by atoms with Crippen molar-refractivity contribution >= 4 is 17.6 Å². The summed E-state index contributed by atoms with van der Waals surface area (Å²) < 4.78 is 9.72. The van der Waals surface area contributed by atoms with Crippen LogP contribution in [0.4, 0.5) is 0 Å². The molecular weight excluding hydrogens is 180 g/mol. The van der Waals surface area contributed by atoms with Crippen molar-refractivity contribution in [1.82, 2.24) is 0 Å². The molecule has 2 unspecified atom stereocenters. The van der Waals surface area contributed by atoms with Crippen LogP contribution >= 0.6 is 11.6 Å². The predicted molar refractivity (Wildman–Crippen MR) is 44.9 cm³/mol. The van der Waals surface area contributed by atoms with Gasteiger partial charge in [-0.3, -0.25) is 0 Å². The van der Waals surface area contributed by atoms with Crippen LogP contribution in [0.5, 0.6) is 0 Å². The van der Waals surface area contributed by atoms with E-state index < -0.39 is 5.97 Å². The van der Waals surface area contributed by atoms with Crippen LogP contribution < -0.4 is 0 Å². The Morgan fingerprint density at radius 2 is 2.50 bits per heavy atom. The number of halogens is 1. The quantitative estimate of drug-likeness (QED) is 0.487. The van der Waals surface area contributed by atoms with E-state index in [2.05, 4.69) is 4.74 Å². The minimum absolute atomic E-state index is 0.0309. The van der Waals surface area contributed by atoms with E-state index in [1.54, 1.807) is 6.08 Å². The molecule has 3 nitrogen and oxygen atoms in total.